The number of fused-ring (bicyclic) bond motifs is 3. The molecule has 2 fully saturated rings. The molecule has 1 aliphatic carbocycles. The molecule has 2 aromatic rings. The van der Waals surface area contributed by atoms with Crippen LogP contribution in [0.5, 0.6) is 0 Å². The second-order valence-electron chi connectivity index (χ2n) is 11.1. The molecule has 4 aliphatic rings. The Kier molecular flexibility index (Phi) is 6.46. The Morgan fingerprint density at radius 1 is 1.03 bits per heavy atom. The summed E-state index contributed by atoms with van der Waals surface area (Å²) in [5, 5.41) is 6.70. The first-order valence-corrected chi connectivity index (χ1v) is 13.9. The van der Waals surface area contributed by atoms with Gasteiger partial charge in [-0.25, -0.2) is 4.98 Å². The summed E-state index contributed by atoms with van der Waals surface area (Å²) in [5.74, 6) is 0.744. The lowest BCUT2D eigenvalue weighted by molar-refractivity contribution is 0.0946. The van der Waals surface area contributed by atoms with E-state index in [4.69, 9.17) is 4.98 Å². The van der Waals surface area contributed by atoms with Crippen molar-refractivity contribution in [2.24, 2.45) is 0 Å². The van der Waals surface area contributed by atoms with Crippen LogP contribution in [0, 0.1) is 0 Å². The van der Waals surface area contributed by atoms with Gasteiger partial charge in [-0.15, -0.1) is 0 Å². The van der Waals surface area contributed by atoms with Gasteiger partial charge in [-0.3, -0.25) is 14.6 Å². The fraction of sp³-hybridized carbons (Fsp3) is 0.607. The molecule has 36 heavy (non-hydrogen) atoms. The highest BCUT2D eigenvalue weighted by Gasteiger charge is 2.42. The molecule has 0 saturated carbocycles. The van der Waals surface area contributed by atoms with Crippen molar-refractivity contribution in [3.8, 4) is 0 Å². The summed E-state index contributed by atoms with van der Waals surface area (Å²) >= 11 is 0. The lowest BCUT2D eigenvalue weighted by Gasteiger charge is -2.39. The molecule has 0 unspecified atom stereocenters. The maximum absolute atomic E-state index is 12.8. The first-order chi connectivity index (χ1) is 17.6. The number of anilines is 2. The molecule has 0 bridgehead atoms. The number of carbonyl (C=O) groups excluding carboxylic acids is 1. The van der Waals surface area contributed by atoms with Gasteiger partial charge in [0.1, 0.15) is 0 Å². The van der Waals surface area contributed by atoms with Crippen LogP contribution < -0.4 is 21.1 Å². The minimum Gasteiger partial charge on any atom is -0.384 e. The predicted molar refractivity (Wildman–Crippen MR) is 142 cm³/mol. The molecule has 0 radical (unpaired) electrons. The Hall–Kier alpha value is -2.87. The van der Waals surface area contributed by atoms with E-state index in [1.54, 1.807) is 0 Å². The number of H-pyrrole nitrogens is 1. The van der Waals surface area contributed by atoms with E-state index in [2.05, 4.69) is 31.5 Å². The summed E-state index contributed by atoms with van der Waals surface area (Å²) in [7, 11) is 0. The summed E-state index contributed by atoms with van der Waals surface area (Å²) in [4.78, 5) is 38.0. The molecule has 2 saturated heterocycles. The SMILES string of the molecule is O=C(NCCN1CCCCC1)c1ccc2c(c1)NCC21CCN(c2nc3c(c(=O)[nH]2)CCCC3)CC1. The van der Waals surface area contributed by atoms with Gasteiger partial charge < -0.3 is 20.4 Å². The molecular formula is C28H38N6O2. The molecule has 192 valence electrons. The van der Waals surface area contributed by atoms with Crippen molar-refractivity contribution in [2.45, 2.75) is 63.2 Å². The van der Waals surface area contributed by atoms with Crippen LogP contribution in [0.2, 0.25) is 0 Å². The van der Waals surface area contributed by atoms with E-state index in [9.17, 15) is 9.59 Å². The number of nitrogens with zero attached hydrogens (tertiary/aromatic N) is 3. The molecule has 1 aromatic heterocycles. The number of aromatic nitrogens is 2. The summed E-state index contributed by atoms with van der Waals surface area (Å²) in [6.07, 6.45) is 9.82. The number of aromatic amines is 1. The number of carbonyl (C=O) groups is 1. The van der Waals surface area contributed by atoms with Crippen LogP contribution in [-0.4, -0.2) is 66.6 Å². The summed E-state index contributed by atoms with van der Waals surface area (Å²) < 4.78 is 0. The fourth-order valence-electron chi connectivity index (χ4n) is 6.60. The number of amides is 1. The van der Waals surface area contributed by atoms with E-state index in [1.807, 2.05) is 12.1 Å². The zero-order chi connectivity index (χ0) is 24.5. The minimum absolute atomic E-state index is 0.00909. The molecule has 3 N–H and O–H groups in total. The Bertz CT molecular complexity index is 1180. The standard InChI is InChI=1S/C28H38N6O2/c35-25(29-12-17-33-13-4-1-5-14-33)20-8-9-22-24(18-20)30-19-28(22)10-15-34(16-11-28)27-31-23-7-3-2-6-21(23)26(36)32-27/h8-9,18,30H,1-7,10-17,19H2,(H,29,35)(H,31,32,36). The van der Waals surface area contributed by atoms with Crippen LogP contribution in [0.25, 0.3) is 0 Å². The van der Waals surface area contributed by atoms with Gasteiger partial charge in [0.15, 0.2) is 0 Å². The Morgan fingerprint density at radius 3 is 2.67 bits per heavy atom. The van der Waals surface area contributed by atoms with Gasteiger partial charge >= 0.3 is 0 Å². The number of piperidine rings is 2. The topological polar surface area (TPSA) is 93.4 Å². The lowest BCUT2D eigenvalue weighted by atomic mass is 9.74. The van der Waals surface area contributed by atoms with Crippen LogP contribution in [0.3, 0.4) is 0 Å². The average Bonchev–Trinajstić information content (AvgIpc) is 3.26. The molecule has 4 heterocycles. The first-order valence-electron chi connectivity index (χ1n) is 13.9. The van der Waals surface area contributed by atoms with E-state index >= 15 is 0 Å². The maximum atomic E-state index is 12.8. The molecular weight excluding hydrogens is 452 g/mol. The quantitative estimate of drug-likeness (QED) is 0.597. The van der Waals surface area contributed by atoms with E-state index in [1.165, 1.54) is 24.8 Å². The summed E-state index contributed by atoms with van der Waals surface area (Å²) in [6, 6.07) is 6.16. The second-order valence-corrected chi connectivity index (χ2v) is 11.1. The van der Waals surface area contributed by atoms with Crippen molar-refractivity contribution in [3.05, 3.63) is 50.9 Å². The Morgan fingerprint density at radius 2 is 1.83 bits per heavy atom. The maximum Gasteiger partial charge on any atom is 0.255 e. The third-order valence-corrected chi connectivity index (χ3v) is 8.83. The van der Waals surface area contributed by atoms with Crippen molar-refractivity contribution in [1.82, 2.24) is 20.2 Å². The average molecular weight is 491 g/mol. The van der Waals surface area contributed by atoms with Gasteiger partial charge in [0, 0.05) is 55.0 Å². The van der Waals surface area contributed by atoms with E-state index in [0.29, 0.717) is 6.54 Å². The molecule has 1 aromatic carbocycles. The van der Waals surface area contributed by atoms with Crippen molar-refractivity contribution < 1.29 is 4.79 Å². The van der Waals surface area contributed by atoms with Crippen LogP contribution in [-0.2, 0) is 18.3 Å². The molecule has 8 heteroatoms. The van der Waals surface area contributed by atoms with Gasteiger partial charge in [-0.2, -0.15) is 0 Å². The molecule has 0 atom stereocenters. The van der Waals surface area contributed by atoms with Crippen molar-refractivity contribution in [3.63, 3.8) is 0 Å². The molecule has 1 spiro atoms. The number of likely N-dealkylation sites (tertiary alicyclic amines) is 1. The fourth-order valence-corrected chi connectivity index (χ4v) is 6.60. The number of rotatable bonds is 5. The normalized spacial score (nSPS) is 21.1. The highest BCUT2D eigenvalue weighted by Crippen LogP contribution is 2.44. The smallest absolute Gasteiger partial charge is 0.255 e. The summed E-state index contributed by atoms with van der Waals surface area (Å²) in [6.45, 7) is 6.54. The van der Waals surface area contributed by atoms with Gasteiger partial charge in [0.05, 0.1) is 5.69 Å². The Balaban J connectivity index is 1.09. The minimum atomic E-state index is 0.00909. The highest BCUT2D eigenvalue weighted by atomic mass is 16.1. The highest BCUT2D eigenvalue weighted by molar-refractivity contribution is 5.95. The monoisotopic (exact) mass is 490 g/mol. The number of hydrogen-bond acceptors (Lipinski definition) is 6. The van der Waals surface area contributed by atoms with Crippen molar-refractivity contribution >= 4 is 17.5 Å². The van der Waals surface area contributed by atoms with Gasteiger partial charge in [-0.1, -0.05) is 12.5 Å². The first kappa shape index (κ1) is 23.5. The predicted octanol–water partition coefficient (Wildman–Crippen LogP) is 2.83. The van der Waals surface area contributed by atoms with Crippen LogP contribution in [0.1, 0.15) is 72.1 Å². The van der Waals surface area contributed by atoms with Crippen molar-refractivity contribution in [2.75, 3.05) is 56.0 Å². The number of aryl methyl sites for hydroxylation is 1. The van der Waals surface area contributed by atoms with E-state index < -0.39 is 0 Å². The van der Waals surface area contributed by atoms with E-state index in [-0.39, 0.29) is 16.9 Å². The van der Waals surface area contributed by atoms with Gasteiger partial charge in [0.2, 0.25) is 5.95 Å². The van der Waals surface area contributed by atoms with Gasteiger partial charge in [0.25, 0.3) is 11.5 Å². The largest absolute Gasteiger partial charge is 0.384 e. The third-order valence-electron chi connectivity index (χ3n) is 8.83. The zero-order valence-electron chi connectivity index (χ0n) is 21.2. The lowest BCUT2D eigenvalue weighted by Crippen LogP contribution is -2.45. The second kappa shape index (κ2) is 9.88. The van der Waals surface area contributed by atoms with Crippen LogP contribution >= 0.6 is 0 Å². The molecule has 6 rings (SSSR count). The number of nitrogens with one attached hydrogen (secondary N) is 3. The van der Waals surface area contributed by atoms with Crippen molar-refractivity contribution in [1.29, 1.82) is 0 Å². The Labute approximate surface area is 212 Å². The van der Waals surface area contributed by atoms with Crippen LogP contribution in [0.4, 0.5) is 11.6 Å². The summed E-state index contributed by atoms with van der Waals surface area (Å²) in [5.41, 5.74) is 5.14. The van der Waals surface area contributed by atoms with E-state index in [0.717, 1.165) is 106 Å². The molecule has 3 aliphatic heterocycles. The molecule has 1 amide bonds. The zero-order valence-corrected chi connectivity index (χ0v) is 21.2. The van der Waals surface area contributed by atoms with Gasteiger partial charge in [-0.05, 0) is 82.2 Å². The third kappa shape index (κ3) is 4.51. The number of benzene rings is 1. The van der Waals surface area contributed by atoms with Crippen LogP contribution in [0.15, 0.2) is 23.0 Å². The molecule has 8 nitrogen and oxygen atoms in total. The number of hydrogen-bond donors (Lipinski definition) is 3.